The van der Waals surface area contributed by atoms with E-state index in [2.05, 4.69) is 0 Å². The maximum atomic E-state index is 11.4. The van der Waals surface area contributed by atoms with Crippen molar-refractivity contribution in [1.29, 1.82) is 0 Å². The predicted molar refractivity (Wildman–Crippen MR) is 69.5 cm³/mol. The number of aryl methyl sites for hydroxylation is 1. The van der Waals surface area contributed by atoms with Crippen molar-refractivity contribution in [3.8, 4) is 5.75 Å². The first-order valence-corrected chi connectivity index (χ1v) is 7.80. The van der Waals surface area contributed by atoms with Crippen LogP contribution in [0.3, 0.4) is 0 Å². The molecule has 0 radical (unpaired) electrons. The highest BCUT2D eigenvalue weighted by Crippen LogP contribution is 2.28. The molecule has 18 heavy (non-hydrogen) atoms. The molecule has 1 aliphatic heterocycles. The van der Waals surface area contributed by atoms with E-state index in [0.717, 1.165) is 11.3 Å². The fourth-order valence-electron chi connectivity index (χ4n) is 2.27. The summed E-state index contributed by atoms with van der Waals surface area (Å²) in [4.78, 5) is 0. The van der Waals surface area contributed by atoms with Gasteiger partial charge in [-0.15, -0.1) is 0 Å². The summed E-state index contributed by atoms with van der Waals surface area (Å²) in [5.74, 6) is 0.795. The van der Waals surface area contributed by atoms with Crippen molar-refractivity contribution in [3.63, 3.8) is 0 Å². The lowest BCUT2D eigenvalue weighted by Gasteiger charge is -2.20. The zero-order valence-corrected chi connectivity index (χ0v) is 11.2. The van der Waals surface area contributed by atoms with Crippen LogP contribution in [0.2, 0.25) is 0 Å². The minimum atomic E-state index is -3.04. The molecule has 1 saturated heterocycles. The number of rotatable bonds is 4. The van der Waals surface area contributed by atoms with Gasteiger partial charge in [0.1, 0.15) is 5.75 Å². The van der Waals surface area contributed by atoms with E-state index < -0.39 is 15.4 Å². The molecule has 1 heterocycles. The zero-order valence-electron chi connectivity index (χ0n) is 10.4. The molecule has 100 valence electrons. The van der Waals surface area contributed by atoms with E-state index in [1.54, 1.807) is 7.11 Å². The lowest BCUT2D eigenvalue weighted by atomic mass is 9.94. The number of hydrogen-bond donors (Lipinski definition) is 1. The van der Waals surface area contributed by atoms with Gasteiger partial charge in [-0.05, 0) is 37.0 Å². The summed E-state index contributed by atoms with van der Waals surface area (Å²) >= 11 is 0. The van der Waals surface area contributed by atoms with Crippen LogP contribution in [-0.4, -0.2) is 37.7 Å². The summed E-state index contributed by atoms with van der Waals surface area (Å²) < 4.78 is 27.8. The lowest BCUT2D eigenvalue weighted by molar-refractivity contribution is 0.0588. The fraction of sp³-hybridized carbons (Fsp3) is 0.538. The van der Waals surface area contributed by atoms with Gasteiger partial charge in [0.15, 0.2) is 9.84 Å². The van der Waals surface area contributed by atoms with Gasteiger partial charge in [0.05, 0.1) is 24.2 Å². The van der Waals surface area contributed by atoms with Crippen LogP contribution in [0.15, 0.2) is 24.3 Å². The molecule has 1 aromatic carbocycles. The first-order chi connectivity index (χ1) is 8.42. The summed E-state index contributed by atoms with van der Waals surface area (Å²) in [5.41, 5.74) is 0.0344. The topological polar surface area (TPSA) is 63.6 Å². The predicted octanol–water partition coefficient (Wildman–Crippen LogP) is 1.18. The van der Waals surface area contributed by atoms with Gasteiger partial charge in [0.25, 0.3) is 0 Å². The van der Waals surface area contributed by atoms with E-state index >= 15 is 0 Å². The molecular weight excluding hydrogens is 252 g/mol. The second-order valence-corrected chi connectivity index (χ2v) is 7.10. The fourth-order valence-corrected chi connectivity index (χ4v) is 4.21. The van der Waals surface area contributed by atoms with Crippen LogP contribution in [0, 0.1) is 0 Å². The van der Waals surface area contributed by atoms with E-state index in [1.807, 2.05) is 24.3 Å². The van der Waals surface area contributed by atoms with Crippen LogP contribution >= 0.6 is 0 Å². The molecule has 2 rings (SSSR count). The highest BCUT2D eigenvalue weighted by atomic mass is 32.2. The number of benzene rings is 1. The van der Waals surface area contributed by atoms with Crippen molar-refractivity contribution < 1.29 is 18.3 Å². The number of hydrogen-bond acceptors (Lipinski definition) is 4. The van der Waals surface area contributed by atoms with Gasteiger partial charge in [0, 0.05) is 0 Å². The molecule has 1 fully saturated rings. The Morgan fingerprint density at radius 2 is 2.00 bits per heavy atom. The van der Waals surface area contributed by atoms with Crippen LogP contribution in [0.1, 0.15) is 18.4 Å². The van der Waals surface area contributed by atoms with Gasteiger partial charge in [-0.1, -0.05) is 12.1 Å². The molecule has 0 aliphatic carbocycles. The Bertz CT molecular complexity index is 506. The number of aliphatic hydroxyl groups is 1. The summed E-state index contributed by atoms with van der Waals surface area (Å²) in [7, 11) is -1.43. The summed E-state index contributed by atoms with van der Waals surface area (Å²) in [6.07, 6.45) is 1.51. The first kappa shape index (κ1) is 13.4. The second-order valence-electron chi connectivity index (χ2n) is 4.91. The Morgan fingerprint density at radius 3 is 2.50 bits per heavy atom. The molecule has 5 heteroatoms. The Hall–Kier alpha value is -1.07. The molecule has 0 amide bonds. The Balaban J connectivity index is 1.95. The van der Waals surface area contributed by atoms with Crippen LogP contribution in [0.25, 0.3) is 0 Å². The second kappa shape index (κ2) is 4.90. The molecule has 0 saturated carbocycles. The third-order valence-electron chi connectivity index (χ3n) is 3.41. The van der Waals surface area contributed by atoms with Crippen molar-refractivity contribution in [2.75, 3.05) is 18.6 Å². The van der Waals surface area contributed by atoms with Crippen molar-refractivity contribution in [2.45, 2.75) is 24.9 Å². The van der Waals surface area contributed by atoms with E-state index in [9.17, 15) is 13.5 Å². The van der Waals surface area contributed by atoms with Gasteiger partial charge in [-0.3, -0.25) is 0 Å². The molecule has 0 spiro atoms. The SMILES string of the molecule is COc1ccc(CCC2(O)CCS(=O)(=O)C2)cc1. The van der Waals surface area contributed by atoms with Gasteiger partial charge in [-0.2, -0.15) is 0 Å². The maximum Gasteiger partial charge on any atom is 0.153 e. The third-order valence-corrected chi connectivity index (χ3v) is 5.21. The normalized spacial score (nSPS) is 26.1. The van der Waals surface area contributed by atoms with Crippen LogP contribution in [-0.2, 0) is 16.3 Å². The first-order valence-electron chi connectivity index (χ1n) is 5.98. The van der Waals surface area contributed by atoms with Crippen molar-refractivity contribution in [2.24, 2.45) is 0 Å². The monoisotopic (exact) mass is 270 g/mol. The lowest BCUT2D eigenvalue weighted by Crippen LogP contribution is -2.30. The minimum absolute atomic E-state index is 0.101. The molecule has 1 aromatic rings. The van der Waals surface area contributed by atoms with Crippen molar-refractivity contribution >= 4 is 9.84 Å². The van der Waals surface area contributed by atoms with Crippen LogP contribution < -0.4 is 4.74 Å². The minimum Gasteiger partial charge on any atom is -0.497 e. The third kappa shape index (κ3) is 3.23. The van der Waals surface area contributed by atoms with Gasteiger partial charge < -0.3 is 9.84 Å². The molecule has 1 aliphatic rings. The Morgan fingerprint density at radius 1 is 1.33 bits per heavy atom. The van der Waals surface area contributed by atoms with Crippen molar-refractivity contribution in [3.05, 3.63) is 29.8 Å². The molecular formula is C13H18O4S. The molecule has 0 bridgehead atoms. The quantitative estimate of drug-likeness (QED) is 0.892. The number of ether oxygens (including phenoxy) is 1. The summed E-state index contributed by atoms with van der Waals surface area (Å²) in [6.45, 7) is 0. The molecule has 1 N–H and O–H groups in total. The highest BCUT2D eigenvalue weighted by Gasteiger charge is 2.39. The van der Waals surface area contributed by atoms with Crippen molar-refractivity contribution in [1.82, 2.24) is 0 Å². The zero-order chi connectivity index (χ0) is 13.2. The smallest absolute Gasteiger partial charge is 0.153 e. The maximum absolute atomic E-state index is 11.4. The number of methoxy groups -OCH3 is 1. The Labute approximate surface area is 108 Å². The standard InChI is InChI=1S/C13H18O4S/c1-17-12-4-2-11(3-5-12)6-7-13(14)8-9-18(15,16)10-13/h2-5,14H,6-10H2,1H3. The molecule has 1 unspecified atom stereocenters. The van der Waals surface area contributed by atoms with Gasteiger partial charge in [0.2, 0.25) is 0 Å². The number of sulfone groups is 1. The average Bonchev–Trinajstić information content (AvgIpc) is 2.62. The highest BCUT2D eigenvalue weighted by molar-refractivity contribution is 7.91. The average molecular weight is 270 g/mol. The Kier molecular flexibility index (Phi) is 3.64. The van der Waals surface area contributed by atoms with Gasteiger partial charge in [-0.25, -0.2) is 8.42 Å². The van der Waals surface area contributed by atoms with E-state index in [0.29, 0.717) is 19.3 Å². The van der Waals surface area contributed by atoms with Crippen LogP contribution in [0.4, 0.5) is 0 Å². The summed E-state index contributed by atoms with van der Waals surface area (Å²) in [6, 6.07) is 7.60. The largest absolute Gasteiger partial charge is 0.497 e. The molecule has 1 atom stereocenters. The van der Waals surface area contributed by atoms with E-state index in [-0.39, 0.29) is 11.5 Å². The molecule has 0 aromatic heterocycles. The van der Waals surface area contributed by atoms with Gasteiger partial charge >= 0.3 is 0 Å². The van der Waals surface area contributed by atoms with Crippen LogP contribution in [0.5, 0.6) is 5.75 Å². The summed E-state index contributed by atoms with van der Waals surface area (Å²) in [5, 5.41) is 10.2. The van der Waals surface area contributed by atoms with E-state index in [4.69, 9.17) is 4.74 Å². The van der Waals surface area contributed by atoms with E-state index in [1.165, 1.54) is 0 Å². The molecule has 4 nitrogen and oxygen atoms in total.